The van der Waals surface area contributed by atoms with Crippen molar-refractivity contribution in [2.75, 3.05) is 44.7 Å². The van der Waals surface area contributed by atoms with E-state index in [-0.39, 0.29) is 12.0 Å². The van der Waals surface area contributed by atoms with Gasteiger partial charge in [-0.3, -0.25) is 4.90 Å². The first-order chi connectivity index (χ1) is 16.7. The zero-order chi connectivity index (χ0) is 24.2. The number of piperazine rings is 1. The summed E-state index contributed by atoms with van der Waals surface area (Å²) in [6.45, 7) is 11.9. The Kier molecular flexibility index (Phi) is 10.5. The molecule has 1 aromatic carbocycles. The van der Waals surface area contributed by atoms with Gasteiger partial charge in [-0.05, 0) is 62.1 Å². The van der Waals surface area contributed by atoms with E-state index in [1.54, 1.807) is 7.11 Å². The molecule has 0 saturated carbocycles. The molecule has 0 bridgehead atoms. The van der Waals surface area contributed by atoms with E-state index in [0.29, 0.717) is 6.61 Å². The van der Waals surface area contributed by atoms with Gasteiger partial charge in [-0.1, -0.05) is 49.3 Å². The Bertz CT molecular complexity index is 956. The first kappa shape index (κ1) is 25.9. The lowest BCUT2D eigenvalue weighted by Crippen LogP contribution is -2.46. The van der Waals surface area contributed by atoms with Crippen LogP contribution in [0.2, 0.25) is 0 Å². The number of ether oxygens (including phenoxy) is 2. The van der Waals surface area contributed by atoms with E-state index in [4.69, 9.17) is 9.47 Å². The van der Waals surface area contributed by atoms with Gasteiger partial charge in [0.15, 0.2) is 0 Å². The molecule has 1 fully saturated rings. The molecular formula is C30H40N2O2. The summed E-state index contributed by atoms with van der Waals surface area (Å²) in [5.41, 5.74) is 3.83. The fraction of sp³-hybridized carbons (Fsp3) is 0.467. The monoisotopic (exact) mass is 460 g/mol. The number of hydrogen-bond donors (Lipinski definition) is 0. The second-order valence-electron chi connectivity index (χ2n) is 8.74. The van der Waals surface area contributed by atoms with E-state index in [0.717, 1.165) is 51.3 Å². The molecule has 1 aliphatic heterocycles. The van der Waals surface area contributed by atoms with E-state index in [1.807, 2.05) is 19.9 Å². The van der Waals surface area contributed by atoms with Crippen molar-refractivity contribution in [2.24, 2.45) is 5.92 Å². The van der Waals surface area contributed by atoms with Crippen molar-refractivity contribution < 1.29 is 9.47 Å². The lowest BCUT2D eigenvalue weighted by molar-refractivity contribution is 0.0607. The van der Waals surface area contributed by atoms with Crippen LogP contribution in [0.15, 0.2) is 72.1 Å². The number of allylic oxidation sites excluding steroid dienone is 4. The normalized spacial score (nSPS) is 20.1. The van der Waals surface area contributed by atoms with Gasteiger partial charge in [-0.2, -0.15) is 0 Å². The lowest BCUT2D eigenvalue weighted by Gasteiger charge is -2.35. The first-order valence-electron chi connectivity index (χ1n) is 12.5. The standard InChI is InChI=1S/C30H40N2O2/c1-5-12-26(6-2)29-16-8-9-17-30(29)34-24-25-13-10-14-27(23-25)32-21-19-31(20-22-32)18-11-15-28(7-3)33-4/h7-11,13-16,23,26,30H,6,17-22,24H2,1-4H3/b15-11-,28-7+. The predicted molar refractivity (Wildman–Crippen MR) is 143 cm³/mol. The summed E-state index contributed by atoms with van der Waals surface area (Å²) in [5, 5.41) is 0. The van der Waals surface area contributed by atoms with Crippen molar-refractivity contribution in [3.63, 3.8) is 0 Å². The summed E-state index contributed by atoms with van der Waals surface area (Å²) in [4.78, 5) is 4.96. The largest absolute Gasteiger partial charge is 0.497 e. The third-order valence-electron chi connectivity index (χ3n) is 6.54. The van der Waals surface area contributed by atoms with Crippen LogP contribution in [0, 0.1) is 17.8 Å². The van der Waals surface area contributed by atoms with Gasteiger partial charge >= 0.3 is 0 Å². The van der Waals surface area contributed by atoms with Crippen molar-refractivity contribution >= 4 is 5.69 Å². The Morgan fingerprint density at radius 3 is 2.76 bits per heavy atom. The van der Waals surface area contributed by atoms with Crippen molar-refractivity contribution in [1.29, 1.82) is 0 Å². The molecule has 0 amide bonds. The average Bonchev–Trinajstić information content (AvgIpc) is 2.89. The van der Waals surface area contributed by atoms with Crippen molar-refractivity contribution in [1.82, 2.24) is 4.90 Å². The van der Waals surface area contributed by atoms with Crippen LogP contribution < -0.4 is 4.90 Å². The van der Waals surface area contributed by atoms with E-state index in [9.17, 15) is 0 Å². The summed E-state index contributed by atoms with van der Waals surface area (Å²) in [5.74, 6) is 7.63. The topological polar surface area (TPSA) is 24.9 Å². The summed E-state index contributed by atoms with van der Waals surface area (Å²) in [6, 6.07) is 8.83. The third kappa shape index (κ3) is 7.38. The Morgan fingerprint density at radius 2 is 2.06 bits per heavy atom. The number of methoxy groups -OCH3 is 1. The quantitative estimate of drug-likeness (QED) is 0.253. The van der Waals surface area contributed by atoms with Crippen LogP contribution in [0.5, 0.6) is 0 Å². The zero-order valence-corrected chi connectivity index (χ0v) is 21.3. The fourth-order valence-corrected chi connectivity index (χ4v) is 4.55. The van der Waals surface area contributed by atoms with E-state index < -0.39 is 0 Å². The molecule has 182 valence electrons. The molecule has 0 radical (unpaired) electrons. The fourth-order valence-electron chi connectivity index (χ4n) is 4.55. The molecule has 4 heteroatoms. The molecule has 4 nitrogen and oxygen atoms in total. The van der Waals surface area contributed by atoms with Gasteiger partial charge < -0.3 is 14.4 Å². The summed E-state index contributed by atoms with van der Waals surface area (Å²) in [7, 11) is 1.71. The maximum Gasteiger partial charge on any atom is 0.114 e. The van der Waals surface area contributed by atoms with Crippen LogP contribution in [0.4, 0.5) is 5.69 Å². The molecule has 3 rings (SSSR count). The van der Waals surface area contributed by atoms with Gasteiger partial charge in [0, 0.05) is 44.3 Å². The minimum absolute atomic E-state index is 0.109. The maximum atomic E-state index is 6.42. The molecule has 34 heavy (non-hydrogen) atoms. The number of nitrogens with zero attached hydrogens (tertiary/aromatic N) is 2. The number of hydrogen-bond acceptors (Lipinski definition) is 4. The summed E-state index contributed by atoms with van der Waals surface area (Å²) in [6.07, 6.45) is 14.8. The molecule has 2 unspecified atom stereocenters. The predicted octanol–water partition coefficient (Wildman–Crippen LogP) is 5.74. The van der Waals surface area contributed by atoms with Gasteiger partial charge in [0.25, 0.3) is 0 Å². The van der Waals surface area contributed by atoms with E-state index >= 15 is 0 Å². The molecule has 2 aliphatic rings. The number of rotatable bonds is 10. The van der Waals surface area contributed by atoms with Gasteiger partial charge in [-0.15, -0.1) is 5.92 Å². The second-order valence-corrected chi connectivity index (χ2v) is 8.74. The Balaban J connectivity index is 1.53. The smallest absolute Gasteiger partial charge is 0.114 e. The second kappa shape index (κ2) is 13.8. The molecule has 0 aromatic heterocycles. The van der Waals surface area contributed by atoms with E-state index in [1.165, 1.54) is 16.8 Å². The lowest BCUT2D eigenvalue weighted by atomic mass is 9.88. The molecule has 1 aliphatic carbocycles. The van der Waals surface area contributed by atoms with Gasteiger partial charge in [0.05, 0.1) is 19.8 Å². The SMILES string of the molecule is CC#CC(CC)C1=CC=CCC1OCc1cccc(N2CCN(C/C=C\C(=C/C)OC)CC2)c1. The van der Waals surface area contributed by atoms with Crippen LogP contribution in [0.25, 0.3) is 0 Å². The summed E-state index contributed by atoms with van der Waals surface area (Å²) < 4.78 is 11.7. The Hall–Kier alpha value is -2.74. The molecule has 0 N–H and O–H groups in total. The summed E-state index contributed by atoms with van der Waals surface area (Å²) >= 11 is 0. The maximum absolute atomic E-state index is 6.42. The minimum atomic E-state index is 0.109. The molecule has 1 saturated heterocycles. The molecule has 1 aromatic rings. The highest BCUT2D eigenvalue weighted by Gasteiger charge is 2.22. The van der Waals surface area contributed by atoms with Crippen LogP contribution in [-0.4, -0.2) is 50.8 Å². The minimum Gasteiger partial charge on any atom is -0.497 e. The van der Waals surface area contributed by atoms with Gasteiger partial charge in [-0.25, -0.2) is 0 Å². The Labute approximate surface area is 206 Å². The van der Waals surface area contributed by atoms with Crippen molar-refractivity contribution in [3.8, 4) is 11.8 Å². The molecule has 2 atom stereocenters. The van der Waals surface area contributed by atoms with E-state index in [2.05, 4.69) is 83.2 Å². The third-order valence-corrected chi connectivity index (χ3v) is 6.54. The molecular weight excluding hydrogens is 420 g/mol. The van der Waals surface area contributed by atoms with Crippen LogP contribution in [0.1, 0.15) is 39.2 Å². The molecule has 0 spiro atoms. The molecule has 1 heterocycles. The zero-order valence-electron chi connectivity index (χ0n) is 21.3. The highest BCUT2D eigenvalue weighted by Crippen LogP contribution is 2.27. The number of anilines is 1. The van der Waals surface area contributed by atoms with Crippen molar-refractivity contribution in [2.45, 2.75) is 46.3 Å². The average molecular weight is 461 g/mol. The number of benzene rings is 1. The van der Waals surface area contributed by atoms with Gasteiger partial charge in [0.1, 0.15) is 5.76 Å². The van der Waals surface area contributed by atoms with Crippen LogP contribution in [0.3, 0.4) is 0 Å². The first-order valence-corrected chi connectivity index (χ1v) is 12.5. The highest BCUT2D eigenvalue weighted by molar-refractivity contribution is 5.49. The van der Waals surface area contributed by atoms with Crippen molar-refractivity contribution in [3.05, 3.63) is 77.6 Å². The van der Waals surface area contributed by atoms with Crippen LogP contribution >= 0.6 is 0 Å². The van der Waals surface area contributed by atoms with Gasteiger partial charge in [0.2, 0.25) is 0 Å². The van der Waals surface area contributed by atoms with Crippen LogP contribution in [-0.2, 0) is 16.1 Å². The Morgan fingerprint density at radius 1 is 1.24 bits per heavy atom. The highest BCUT2D eigenvalue weighted by atomic mass is 16.5.